The number of aliphatic carboxylic acids is 1. The molecule has 9 nitrogen and oxygen atoms in total. The molecule has 0 aliphatic heterocycles. The molecule has 5 rings (SSSR count). The summed E-state index contributed by atoms with van der Waals surface area (Å²) < 4.78 is 87.9. The number of aromatic nitrogens is 3. The van der Waals surface area contributed by atoms with Crippen LogP contribution >= 0.6 is 0 Å². The van der Waals surface area contributed by atoms with Crippen molar-refractivity contribution in [2.45, 2.75) is 36.7 Å². The summed E-state index contributed by atoms with van der Waals surface area (Å²) in [5.41, 5.74) is -0.525. The van der Waals surface area contributed by atoms with E-state index in [1.54, 1.807) is 24.3 Å². The topological polar surface area (TPSA) is 145 Å². The molecule has 3 aromatic carbocycles. The van der Waals surface area contributed by atoms with Crippen LogP contribution in [0.15, 0.2) is 71.9 Å². The number of aliphatic hydroxyl groups is 1. The molecule has 5 aromatic rings. The molecule has 1 unspecified atom stereocenters. The first kappa shape index (κ1) is 30.8. The van der Waals surface area contributed by atoms with Crippen LogP contribution in [0.3, 0.4) is 0 Å². The van der Waals surface area contributed by atoms with Crippen molar-refractivity contribution >= 4 is 26.7 Å². The molecule has 0 fully saturated rings. The number of carbonyl (C=O) groups is 1. The molecule has 2 aromatic heterocycles. The lowest BCUT2D eigenvalue weighted by atomic mass is 9.91. The van der Waals surface area contributed by atoms with Gasteiger partial charge in [-0.15, -0.1) is 0 Å². The van der Waals surface area contributed by atoms with Gasteiger partial charge >= 0.3 is 5.97 Å². The predicted octanol–water partition coefficient (Wildman–Crippen LogP) is 5.94. The highest BCUT2D eigenvalue weighted by atomic mass is 32.2. The second-order valence-electron chi connectivity index (χ2n) is 10.2. The van der Waals surface area contributed by atoms with E-state index in [4.69, 9.17) is 9.84 Å². The molecule has 0 radical (unpaired) electrons. The van der Waals surface area contributed by atoms with Crippen LogP contribution in [0.25, 0.3) is 22.3 Å². The summed E-state index contributed by atoms with van der Waals surface area (Å²) in [7, 11) is -4.73. The highest BCUT2D eigenvalue weighted by Crippen LogP contribution is 2.40. The number of carboxylic acid groups (broad SMARTS) is 1. The predicted molar refractivity (Wildman–Crippen MR) is 151 cm³/mol. The van der Waals surface area contributed by atoms with Crippen LogP contribution in [-0.4, -0.2) is 51.7 Å². The van der Waals surface area contributed by atoms with Crippen molar-refractivity contribution in [3.05, 3.63) is 95.4 Å². The fraction of sp³-hybridized carbons (Fsp3) is 0.200. The van der Waals surface area contributed by atoms with Gasteiger partial charge in [-0.3, -0.25) is 4.79 Å². The molecule has 4 N–H and O–H groups in total. The van der Waals surface area contributed by atoms with E-state index < -0.39 is 55.9 Å². The molecule has 230 valence electrons. The number of benzene rings is 3. The minimum absolute atomic E-state index is 0.0464. The van der Waals surface area contributed by atoms with E-state index in [2.05, 4.69) is 15.0 Å². The molecule has 0 saturated heterocycles. The number of rotatable bonds is 11. The van der Waals surface area contributed by atoms with E-state index in [1.807, 2.05) is 0 Å². The Kier molecular flexibility index (Phi) is 8.23. The Morgan fingerprint density at radius 2 is 1.86 bits per heavy atom. The number of H-pyrrole nitrogens is 2. The van der Waals surface area contributed by atoms with Crippen LogP contribution in [0.5, 0.6) is 11.5 Å². The Bertz CT molecular complexity index is 1970. The Morgan fingerprint density at radius 1 is 1.09 bits per heavy atom. The third-order valence-corrected chi connectivity index (χ3v) is 8.72. The van der Waals surface area contributed by atoms with Gasteiger partial charge in [0.25, 0.3) is 6.43 Å². The van der Waals surface area contributed by atoms with Gasteiger partial charge in [-0.1, -0.05) is 24.3 Å². The molecular formula is C30H25F4N3O6S. The van der Waals surface area contributed by atoms with Crippen molar-refractivity contribution in [1.29, 1.82) is 0 Å². The number of hydrogen-bond acceptors (Lipinski definition) is 6. The molecule has 0 aliphatic carbocycles. The number of aryl methyl sites for hydroxylation is 1. The summed E-state index contributed by atoms with van der Waals surface area (Å²) in [6.45, 7) is 1.47. The van der Waals surface area contributed by atoms with Gasteiger partial charge in [0.2, 0.25) is 0 Å². The molecule has 0 spiro atoms. The van der Waals surface area contributed by atoms with E-state index in [1.165, 1.54) is 25.4 Å². The maximum atomic E-state index is 15.2. The van der Waals surface area contributed by atoms with Gasteiger partial charge < -0.3 is 24.9 Å². The highest BCUT2D eigenvalue weighted by molar-refractivity contribution is 7.91. The largest absolute Gasteiger partial charge is 0.481 e. The number of fused-ring (bicyclic) bond motifs is 1. The van der Waals surface area contributed by atoms with Gasteiger partial charge in [0, 0.05) is 29.6 Å². The average Bonchev–Trinajstić information content (AvgIpc) is 3.63. The summed E-state index contributed by atoms with van der Waals surface area (Å²) in [5, 5.41) is 20.3. The number of nitrogens with one attached hydrogen (secondary N) is 2. The third kappa shape index (κ3) is 6.17. The van der Waals surface area contributed by atoms with Crippen molar-refractivity contribution in [3.63, 3.8) is 0 Å². The van der Waals surface area contributed by atoms with Gasteiger partial charge in [-0.05, 0) is 48.7 Å². The molecule has 44 heavy (non-hydrogen) atoms. The van der Waals surface area contributed by atoms with Crippen LogP contribution in [0.4, 0.5) is 17.6 Å². The smallest absolute Gasteiger partial charge is 0.303 e. The Morgan fingerprint density at radius 3 is 2.59 bits per heavy atom. The first-order valence-electron chi connectivity index (χ1n) is 13.1. The molecule has 2 heterocycles. The minimum atomic E-state index is -4.73. The highest BCUT2D eigenvalue weighted by Gasteiger charge is 2.31. The molecule has 0 bridgehead atoms. The van der Waals surface area contributed by atoms with Crippen molar-refractivity contribution in [3.8, 4) is 22.9 Å². The molecular weight excluding hydrogens is 606 g/mol. The van der Waals surface area contributed by atoms with E-state index in [9.17, 15) is 27.1 Å². The van der Waals surface area contributed by atoms with E-state index >= 15 is 8.78 Å². The Balaban J connectivity index is 1.50. The maximum absolute atomic E-state index is 15.2. The van der Waals surface area contributed by atoms with Crippen LogP contribution in [0, 0.1) is 11.6 Å². The molecule has 0 saturated carbocycles. The zero-order valence-electron chi connectivity index (χ0n) is 22.9. The zero-order valence-corrected chi connectivity index (χ0v) is 23.8. The Labute approximate surface area is 248 Å². The van der Waals surface area contributed by atoms with Crippen LogP contribution in [0.2, 0.25) is 0 Å². The van der Waals surface area contributed by atoms with Gasteiger partial charge in [0.1, 0.15) is 33.6 Å². The molecule has 0 aliphatic rings. The third-order valence-electron chi connectivity index (χ3n) is 7.00. The van der Waals surface area contributed by atoms with Crippen LogP contribution in [0.1, 0.15) is 30.2 Å². The van der Waals surface area contributed by atoms with Crippen LogP contribution in [-0.2, 0) is 26.7 Å². The number of imidazole rings is 1. The van der Waals surface area contributed by atoms with Gasteiger partial charge in [-0.25, -0.2) is 31.0 Å². The fourth-order valence-corrected chi connectivity index (χ4v) is 6.22. The van der Waals surface area contributed by atoms with Gasteiger partial charge in [-0.2, -0.15) is 0 Å². The van der Waals surface area contributed by atoms with Crippen LogP contribution < -0.4 is 4.74 Å². The first-order chi connectivity index (χ1) is 20.8. The number of nitrogens with zero attached hydrogens (tertiary/aromatic N) is 1. The number of carboxylic acids is 1. The summed E-state index contributed by atoms with van der Waals surface area (Å²) >= 11 is 0. The lowest BCUT2D eigenvalue weighted by molar-refractivity contribution is -0.136. The first-order valence-corrected chi connectivity index (χ1v) is 14.8. The van der Waals surface area contributed by atoms with Gasteiger partial charge in [0.05, 0.1) is 17.5 Å². The van der Waals surface area contributed by atoms with Crippen molar-refractivity contribution in [2.24, 2.45) is 0 Å². The Hall–Kier alpha value is -4.69. The van der Waals surface area contributed by atoms with Crippen molar-refractivity contribution in [2.75, 3.05) is 5.75 Å². The molecule has 0 amide bonds. The van der Waals surface area contributed by atoms with Crippen molar-refractivity contribution in [1.82, 2.24) is 15.0 Å². The number of aromatic amines is 2. The lowest BCUT2D eigenvalue weighted by Crippen LogP contribution is -2.23. The van der Waals surface area contributed by atoms with E-state index in [0.29, 0.717) is 11.1 Å². The number of alkyl halides is 2. The standard InChI is InChI=1S/C30H25F4N3O6S/c1-30(40,17-4-2-3-16(11-17)5-8-26(38)39)24-14-36-29(37-24)20-12-18(6-7-21(20)31)43-27-22(32)13-23-19(9-10-35-23)28(27)44(41,42)15-25(33)34/h2-4,6-7,9-14,25,35,40H,5,8,15H2,1H3,(H,36,37)(H,38,39). The molecule has 1 atom stereocenters. The summed E-state index contributed by atoms with van der Waals surface area (Å²) in [4.78, 5) is 19.8. The number of ether oxygens (including phenoxy) is 1. The average molecular weight is 632 g/mol. The zero-order chi connectivity index (χ0) is 31.8. The normalized spacial score (nSPS) is 13.3. The number of halogens is 4. The van der Waals surface area contributed by atoms with E-state index in [0.717, 1.165) is 24.3 Å². The summed E-state index contributed by atoms with van der Waals surface area (Å²) in [6.07, 6.45) is -0.490. The summed E-state index contributed by atoms with van der Waals surface area (Å²) in [5.74, 6) is -5.59. The number of hydrogen-bond donors (Lipinski definition) is 4. The number of sulfone groups is 1. The monoisotopic (exact) mass is 631 g/mol. The second-order valence-corrected chi connectivity index (χ2v) is 12.2. The second kappa shape index (κ2) is 11.8. The quantitative estimate of drug-likeness (QED) is 0.132. The molecule has 14 heteroatoms. The minimum Gasteiger partial charge on any atom is -0.481 e. The fourth-order valence-electron chi connectivity index (χ4n) is 4.78. The lowest BCUT2D eigenvalue weighted by Gasteiger charge is -2.23. The van der Waals surface area contributed by atoms with E-state index in [-0.39, 0.29) is 46.6 Å². The maximum Gasteiger partial charge on any atom is 0.303 e. The summed E-state index contributed by atoms with van der Waals surface area (Å²) in [6, 6.07) is 12.1. The SMILES string of the molecule is CC(O)(c1cccc(CCC(=O)O)c1)c1cnc(-c2cc(Oc3c(F)cc4[nH]ccc4c3S(=O)(=O)CC(F)F)ccc2F)[nH]1. The van der Waals surface area contributed by atoms with Gasteiger partial charge in [0.15, 0.2) is 21.4 Å². The van der Waals surface area contributed by atoms with Crippen molar-refractivity contribution < 1.29 is 45.7 Å².